The van der Waals surface area contributed by atoms with Gasteiger partial charge in [-0.2, -0.15) is 0 Å². The number of nitrogens with zero attached hydrogens (tertiary/aromatic N) is 4. The minimum atomic E-state index is -1.68. The highest BCUT2D eigenvalue weighted by Gasteiger charge is 2.44. The summed E-state index contributed by atoms with van der Waals surface area (Å²) >= 11 is 0. The molecule has 2 aromatic heterocycles. The van der Waals surface area contributed by atoms with Crippen molar-refractivity contribution in [2.24, 2.45) is 28.9 Å². The second-order valence-corrected chi connectivity index (χ2v) is 29.8. The van der Waals surface area contributed by atoms with Gasteiger partial charge in [0.25, 0.3) is 11.4 Å². The van der Waals surface area contributed by atoms with Gasteiger partial charge in [-0.15, -0.1) is 0 Å². The van der Waals surface area contributed by atoms with Gasteiger partial charge in [-0.25, -0.2) is 4.79 Å². The predicted molar refractivity (Wildman–Crippen MR) is 439 cm³/mol. The van der Waals surface area contributed by atoms with Crippen molar-refractivity contribution < 1.29 is 81.6 Å². The largest absolute Gasteiger partial charge is 0.497 e. The molecule has 2 saturated heterocycles. The Labute approximate surface area is 690 Å². The van der Waals surface area contributed by atoms with Crippen LogP contribution in [-0.4, -0.2) is 219 Å². The number of unbranched alkanes of at least 4 members (excludes halogenated alkanes) is 2. The fourth-order valence-corrected chi connectivity index (χ4v) is 14.4. The molecule has 11 amide bonds. The minimum absolute atomic E-state index is 0.00260. The molecule has 120 heavy (non-hydrogen) atoms. The molecule has 5 aromatic rings. The lowest BCUT2D eigenvalue weighted by Crippen LogP contribution is -2.61. The van der Waals surface area contributed by atoms with Gasteiger partial charge in [0.15, 0.2) is 11.9 Å². The van der Waals surface area contributed by atoms with Crippen LogP contribution in [0.25, 0.3) is 21.9 Å². The summed E-state index contributed by atoms with van der Waals surface area (Å²) in [6.45, 7) is 5.51. The van der Waals surface area contributed by atoms with Crippen molar-refractivity contribution in [1.82, 2.24) is 68.0 Å². The topological polar surface area (TPSA) is 657 Å². The second-order valence-electron chi connectivity index (χ2n) is 29.8. The number of ether oxygens (including phenoxy) is 1. The number of aliphatic carboxylic acids is 1. The van der Waals surface area contributed by atoms with Crippen LogP contribution >= 0.6 is 0 Å². The molecule has 42 nitrogen and oxygen atoms in total. The van der Waals surface area contributed by atoms with E-state index >= 15 is 0 Å². The Morgan fingerprint density at radius 2 is 1.16 bits per heavy atom. The molecule has 2 aliphatic rings. The number of nitrogens with two attached hydrogens (primary N) is 4. The summed E-state index contributed by atoms with van der Waals surface area (Å²) in [6.07, 6.45) is 2.35. The van der Waals surface area contributed by atoms with Crippen molar-refractivity contribution in [2.45, 2.75) is 210 Å². The maximum atomic E-state index is 14.9. The smallest absolute Gasteiger partial charge is 0.336 e. The number of carboxylic acids is 1. The lowest BCUT2D eigenvalue weighted by molar-refractivity contribution is -0.393. The number of nitro groups is 2. The summed E-state index contributed by atoms with van der Waals surface area (Å²) < 4.78 is 10.6. The number of hydrogen-bond donors (Lipinski definition) is 19. The maximum Gasteiger partial charge on any atom is 0.336 e. The second kappa shape index (κ2) is 46.2. The molecule has 23 N–H and O–H groups in total. The number of hydrogen-bond acceptors (Lipinski definition) is 23. The summed E-state index contributed by atoms with van der Waals surface area (Å²) in [4.78, 5) is 211. The van der Waals surface area contributed by atoms with Gasteiger partial charge in [0.2, 0.25) is 65.0 Å². The first-order chi connectivity index (χ1) is 57.2. The number of anilines is 1. The van der Waals surface area contributed by atoms with Crippen molar-refractivity contribution in [3.8, 4) is 5.75 Å². The Morgan fingerprint density at radius 1 is 0.608 bits per heavy atom. The van der Waals surface area contributed by atoms with E-state index in [1.54, 1.807) is 63.4 Å². The molecule has 0 saturated carbocycles. The molecule has 0 spiro atoms. The van der Waals surface area contributed by atoms with Crippen LogP contribution < -0.4 is 91.8 Å². The highest BCUT2D eigenvalue weighted by atomic mass is 16.6. The normalized spacial score (nSPS) is 15.7. The number of amides is 11. The lowest BCUT2D eigenvalue weighted by atomic mass is 10.0. The molecule has 2 aliphatic heterocycles. The molecule has 2 fully saturated rings. The number of para-hydroxylation sites is 1. The number of rotatable bonds is 49. The summed E-state index contributed by atoms with van der Waals surface area (Å²) in [5.74, 6) is -11.5. The Bertz CT molecular complexity index is 4590. The SMILES string of the molecule is CCC[C@H](NC(=O)[C@H](CCC(=O)O)NC(=O)[C@@H](NC(=O)C1CCCN1C(=O)[C@H](CCCCN)NC(=O)[C@@H]1CCCN1C(=O)[C@H](CCCNC(=N)N)NC(=O)Cc1cc(=O)oc2cc(OC)ccc12)C(C)C)C(=O)N[C@@H](Cc1c[nH]c2ccccc12)C(=O)N[C@@H](CCCNC(=N)N)C(=O)N[C@@H](CCCCNc1ccc([N+](=O)[O-])cc1[N+](=O)[O-])C(N)=O. The van der Waals surface area contributed by atoms with Gasteiger partial charge in [0.1, 0.15) is 77.4 Å². The molecule has 0 aliphatic carbocycles. The molecular formula is C78H110N22O20. The summed E-state index contributed by atoms with van der Waals surface area (Å²) in [5.41, 5.74) is 22.6. The number of likely N-dealkylation sites (tertiary alicyclic amines) is 2. The number of methoxy groups -OCH3 is 1. The molecule has 0 bridgehead atoms. The average molecular weight is 1680 g/mol. The van der Waals surface area contributed by atoms with Gasteiger partial charge in [-0.1, -0.05) is 45.4 Å². The molecule has 7 rings (SSSR count). The van der Waals surface area contributed by atoms with E-state index in [0.29, 0.717) is 58.8 Å². The van der Waals surface area contributed by atoms with Crippen molar-refractivity contribution in [3.63, 3.8) is 0 Å². The first kappa shape index (κ1) is 94.1. The van der Waals surface area contributed by atoms with Gasteiger partial charge in [0, 0.05) is 86.3 Å². The van der Waals surface area contributed by atoms with E-state index < -0.39 is 183 Å². The van der Waals surface area contributed by atoms with Crippen molar-refractivity contribution in [1.29, 1.82) is 10.8 Å². The van der Waals surface area contributed by atoms with Crippen LogP contribution in [0.15, 0.2) is 82.1 Å². The monoisotopic (exact) mass is 1670 g/mol. The van der Waals surface area contributed by atoms with Crippen molar-refractivity contribution >= 4 is 122 Å². The quantitative estimate of drug-likeness (QED) is 0.00629. The number of fused-ring (bicyclic) bond motifs is 2. The number of aromatic nitrogens is 1. The van der Waals surface area contributed by atoms with E-state index in [1.165, 1.54) is 35.1 Å². The zero-order valence-corrected chi connectivity index (χ0v) is 67.5. The Hall–Kier alpha value is -13.1. The van der Waals surface area contributed by atoms with Crippen LogP contribution in [0.4, 0.5) is 17.1 Å². The van der Waals surface area contributed by atoms with Gasteiger partial charge in [-0.3, -0.25) is 88.6 Å². The molecule has 0 radical (unpaired) electrons. The van der Waals surface area contributed by atoms with Crippen LogP contribution in [0.5, 0.6) is 5.75 Å². The molecule has 42 heteroatoms. The molecule has 652 valence electrons. The standard InChI is InChI=1S/C78H110N22O20/c1-5-16-53(68(106)95-58(37-45-42-88-50-18-7-6-17-48(45)50)71(109)92-54(21-12-33-86-77(81)82)69(107)90-52(67(80)105)19-9-11-32-85-51-28-25-46(99(115)116)40-61(51)100(117)118)91-70(108)55(29-30-64(102)103)93-74(112)66(43(2)3)96-73(111)60-24-15-36-98(60)76(114)57(20-8-10-31-79)94-72(110)59-23-14-35-97(59)75(113)56(22-13-34-87-78(83)84)89-63(101)38-44-39-65(104)120-62-41-47(119-4)26-27-49(44)62/h6-7,17-18,25-28,39-43,52-60,66,85,88H,5,8-16,19-24,29-38,79H2,1-4H3,(H2,80,105)(H,89,101)(H,90,107)(H,91,108)(H,92,109)(H,93,112)(H,94,110)(H,95,106)(H,96,111)(H,102,103)(H4,81,82,86)(H4,83,84,87)/t52-,53-,54-,55-,56-,57-,58-,59-,60?,66-/m0/s1. The van der Waals surface area contributed by atoms with Crippen LogP contribution in [0, 0.1) is 37.0 Å². The number of carbonyl (C=O) groups excluding carboxylic acids is 11. The highest BCUT2D eigenvalue weighted by Crippen LogP contribution is 2.31. The third-order valence-electron chi connectivity index (χ3n) is 20.6. The van der Waals surface area contributed by atoms with E-state index in [4.69, 9.17) is 42.9 Å². The van der Waals surface area contributed by atoms with E-state index in [9.17, 15) is 87.7 Å². The number of primary amides is 1. The number of aromatic amines is 1. The molecular weight excluding hydrogens is 1560 g/mol. The fraction of sp³-hybridized carbons (Fsp3) is 0.526. The molecule has 3 aromatic carbocycles. The number of guanidine groups is 2. The van der Waals surface area contributed by atoms with E-state index in [0.717, 1.165) is 12.1 Å². The minimum Gasteiger partial charge on any atom is -0.497 e. The summed E-state index contributed by atoms with van der Waals surface area (Å²) in [5, 5.41) is 78.9. The zero-order valence-electron chi connectivity index (χ0n) is 67.5. The fourth-order valence-electron chi connectivity index (χ4n) is 14.4. The number of carbonyl (C=O) groups is 12. The Morgan fingerprint density at radius 3 is 1.74 bits per heavy atom. The first-order valence-electron chi connectivity index (χ1n) is 39.9. The van der Waals surface area contributed by atoms with E-state index in [-0.39, 0.29) is 146 Å². The molecule has 1 unspecified atom stereocenters. The Kier molecular flexibility index (Phi) is 36.2. The van der Waals surface area contributed by atoms with Crippen LogP contribution in [-0.2, 0) is 70.4 Å². The first-order valence-corrected chi connectivity index (χ1v) is 39.9. The van der Waals surface area contributed by atoms with Crippen molar-refractivity contribution in [2.75, 3.05) is 51.7 Å². The Balaban J connectivity index is 1.04. The summed E-state index contributed by atoms with van der Waals surface area (Å²) in [6, 6.07) is 2.31. The third kappa shape index (κ3) is 27.8. The van der Waals surface area contributed by atoms with E-state index in [1.807, 2.05) is 0 Å². The van der Waals surface area contributed by atoms with Crippen molar-refractivity contribution in [3.05, 3.63) is 115 Å². The van der Waals surface area contributed by atoms with Crippen LogP contribution in [0.1, 0.15) is 147 Å². The zero-order chi connectivity index (χ0) is 87.9. The number of H-pyrrole nitrogens is 1. The van der Waals surface area contributed by atoms with Crippen LogP contribution in [0.2, 0.25) is 0 Å². The number of carboxylic acid groups (broad SMARTS) is 1. The van der Waals surface area contributed by atoms with Gasteiger partial charge >= 0.3 is 11.6 Å². The number of benzene rings is 3. The summed E-state index contributed by atoms with van der Waals surface area (Å²) in [7, 11) is 1.44. The average Bonchev–Trinajstić information content (AvgIpc) is 1.32. The maximum absolute atomic E-state index is 14.9. The lowest BCUT2D eigenvalue weighted by Gasteiger charge is -2.32. The highest BCUT2D eigenvalue weighted by molar-refractivity contribution is 6.00. The molecule has 4 heterocycles. The third-order valence-corrected chi connectivity index (χ3v) is 20.6. The number of nitrogens with one attached hydrogen (secondary N) is 14. The van der Waals surface area contributed by atoms with Gasteiger partial charge in [-0.05, 0) is 151 Å². The predicted octanol–water partition coefficient (Wildman–Crippen LogP) is 0.489. The van der Waals surface area contributed by atoms with Crippen LogP contribution in [0.3, 0.4) is 0 Å². The number of nitro benzene ring substituents is 2. The molecule has 10 atom stereocenters. The van der Waals surface area contributed by atoms with E-state index in [2.05, 4.69) is 63.5 Å². The number of non-ortho nitro benzene ring substituents is 1. The van der Waals surface area contributed by atoms with Gasteiger partial charge < -0.3 is 110 Å². The van der Waals surface area contributed by atoms with Gasteiger partial charge in [0.05, 0.1) is 29.4 Å².